The van der Waals surface area contributed by atoms with Gasteiger partial charge in [0.2, 0.25) is 0 Å². The van der Waals surface area contributed by atoms with Crippen molar-refractivity contribution in [1.29, 1.82) is 0 Å². The highest BCUT2D eigenvalue weighted by molar-refractivity contribution is 7.14. The van der Waals surface area contributed by atoms with E-state index >= 15 is 0 Å². The van der Waals surface area contributed by atoms with E-state index in [0.29, 0.717) is 5.13 Å². The van der Waals surface area contributed by atoms with Gasteiger partial charge in [-0.1, -0.05) is 24.3 Å². The van der Waals surface area contributed by atoms with Crippen LogP contribution in [0.5, 0.6) is 5.75 Å². The van der Waals surface area contributed by atoms with E-state index in [0.717, 1.165) is 28.3 Å². The Morgan fingerprint density at radius 2 is 1.96 bits per heavy atom. The molecular weight excluding hydrogens is 322 g/mol. The third-order valence-corrected chi connectivity index (χ3v) is 4.12. The summed E-state index contributed by atoms with van der Waals surface area (Å²) < 4.78 is 5.22. The molecule has 0 bridgehead atoms. The summed E-state index contributed by atoms with van der Waals surface area (Å²) in [6, 6.07) is 15.0. The van der Waals surface area contributed by atoms with Crippen molar-refractivity contribution >= 4 is 28.2 Å². The number of amides is 2. The van der Waals surface area contributed by atoms with Crippen molar-refractivity contribution in [1.82, 2.24) is 4.98 Å². The summed E-state index contributed by atoms with van der Waals surface area (Å²) in [4.78, 5) is 16.5. The van der Waals surface area contributed by atoms with Gasteiger partial charge in [-0.3, -0.25) is 5.32 Å². The molecule has 6 heteroatoms. The SMILES string of the molecule is COc1cccc(-c2csc(NC(=O)Nc3cccc(C)c3)n2)c1. The Balaban J connectivity index is 1.68. The number of nitrogens with zero attached hydrogens (tertiary/aromatic N) is 1. The van der Waals surface area contributed by atoms with Gasteiger partial charge in [0.05, 0.1) is 12.8 Å². The average Bonchev–Trinajstić information content (AvgIpc) is 3.03. The normalized spacial score (nSPS) is 10.2. The van der Waals surface area contributed by atoms with Crippen LogP contribution in [-0.2, 0) is 0 Å². The molecule has 5 nitrogen and oxygen atoms in total. The van der Waals surface area contributed by atoms with Crippen LogP contribution in [0.25, 0.3) is 11.3 Å². The molecule has 122 valence electrons. The molecule has 3 aromatic rings. The zero-order valence-electron chi connectivity index (χ0n) is 13.4. The molecule has 2 aromatic carbocycles. The lowest BCUT2D eigenvalue weighted by Crippen LogP contribution is -2.19. The highest BCUT2D eigenvalue weighted by Crippen LogP contribution is 2.27. The molecule has 0 atom stereocenters. The van der Waals surface area contributed by atoms with E-state index in [1.54, 1.807) is 7.11 Å². The number of hydrogen-bond acceptors (Lipinski definition) is 4. The Labute approximate surface area is 144 Å². The molecule has 1 heterocycles. The number of anilines is 2. The summed E-state index contributed by atoms with van der Waals surface area (Å²) in [6.07, 6.45) is 0. The lowest BCUT2D eigenvalue weighted by molar-refractivity contribution is 0.262. The molecule has 0 saturated carbocycles. The first-order chi connectivity index (χ1) is 11.6. The van der Waals surface area contributed by atoms with Gasteiger partial charge >= 0.3 is 6.03 Å². The van der Waals surface area contributed by atoms with Crippen molar-refractivity contribution in [2.45, 2.75) is 6.92 Å². The smallest absolute Gasteiger partial charge is 0.325 e. The van der Waals surface area contributed by atoms with Crippen LogP contribution >= 0.6 is 11.3 Å². The fourth-order valence-electron chi connectivity index (χ4n) is 2.23. The first-order valence-electron chi connectivity index (χ1n) is 7.38. The summed E-state index contributed by atoms with van der Waals surface area (Å²) in [5.41, 5.74) is 3.57. The second-order valence-corrected chi connectivity index (χ2v) is 6.08. The number of hydrogen-bond donors (Lipinski definition) is 2. The van der Waals surface area contributed by atoms with Crippen LogP contribution in [0.15, 0.2) is 53.9 Å². The highest BCUT2D eigenvalue weighted by Gasteiger charge is 2.09. The molecular formula is C18H17N3O2S. The van der Waals surface area contributed by atoms with E-state index in [2.05, 4.69) is 15.6 Å². The third kappa shape index (κ3) is 3.91. The van der Waals surface area contributed by atoms with Crippen LogP contribution in [0.3, 0.4) is 0 Å². The lowest BCUT2D eigenvalue weighted by Gasteiger charge is -2.06. The van der Waals surface area contributed by atoms with E-state index in [1.807, 2.05) is 60.8 Å². The fraction of sp³-hybridized carbons (Fsp3) is 0.111. The highest BCUT2D eigenvalue weighted by atomic mass is 32.1. The summed E-state index contributed by atoms with van der Waals surface area (Å²) in [5.74, 6) is 0.771. The van der Waals surface area contributed by atoms with Crippen molar-refractivity contribution in [2.24, 2.45) is 0 Å². The first kappa shape index (κ1) is 16.0. The summed E-state index contributed by atoms with van der Waals surface area (Å²) >= 11 is 1.38. The number of aromatic nitrogens is 1. The van der Waals surface area contributed by atoms with Gasteiger partial charge in [-0.2, -0.15) is 0 Å². The van der Waals surface area contributed by atoms with Crippen molar-refractivity contribution in [3.8, 4) is 17.0 Å². The van der Waals surface area contributed by atoms with E-state index in [4.69, 9.17) is 4.74 Å². The van der Waals surface area contributed by atoms with Gasteiger partial charge in [0.1, 0.15) is 5.75 Å². The van der Waals surface area contributed by atoms with Crippen molar-refractivity contribution in [3.05, 3.63) is 59.5 Å². The number of benzene rings is 2. The van der Waals surface area contributed by atoms with Crippen LogP contribution in [0.1, 0.15) is 5.56 Å². The largest absolute Gasteiger partial charge is 0.497 e. The first-order valence-corrected chi connectivity index (χ1v) is 8.26. The molecule has 0 fully saturated rings. The number of methoxy groups -OCH3 is 1. The van der Waals surface area contributed by atoms with E-state index in [1.165, 1.54) is 11.3 Å². The van der Waals surface area contributed by atoms with Gasteiger partial charge < -0.3 is 10.1 Å². The molecule has 0 aliphatic rings. The third-order valence-electron chi connectivity index (χ3n) is 3.37. The van der Waals surface area contributed by atoms with E-state index in [-0.39, 0.29) is 6.03 Å². The van der Waals surface area contributed by atoms with Crippen LogP contribution in [0, 0.1) is 6.92 Å². The quantitative estimate of drug-likeness (QED) is 0.719. The molecule has 0 saturated heterocycles. The molecule has 24 heavy (non-hydrogen) atoms. The fourth-order valence-corrected chi connectivity index (χ4v) is 2.94. The van der Waals surface area contributed by atoms with Gasteiger partial charge in [0.15, 0.2) is 5.13 Å². The number of thiazole rings is 1. The Kier molecular flexibility index (Phi) is 4.77. The van der Waals surface area contributed by atoms with E-state index < -0.39 is 0 Å². The maximum atomic E-state index is 12.1. The number of nitrogens with one attached hydrogen (secondary N) is 2. The second kappa shape index (κ2) is 7.14. The predicted molar refractivity (Wildman–Crippen MR) is 97.9 cm³/mol. The molecule has 2 amide bonds. The maximum absolute atomic E-state index is 12.1. The zero-order chi connectivity index (χ0) is 16.9. The number of carbonyl (C=O) groups excluding carboxylic acids is 1. The van der Waals surface area contributed by atoms with Gasteiger partial charge in [0.25, 0.3) is 0 Å². The molecule has 2 N–H and O–H groups in total. The zero-order valence-corrected chi connectivity index (χ0v) is 14.2. The van der Waals surface area contributed by atoms with Crippen LogP contribution in [0.2, 0.25) is 0 Å². The Hall–Kier alpha value is -2.86. The molecule has 1 aromatic heterocycles. The monoisotopic (exact) mass is 339 g/mol. The number of urea groups is 1. The Morgan fingerprint density at radius 3 is 2.75 bits per heavy atom. The van der Waals surface area contributed by atoms with Crippen molar-refractivity contribution in [2.75, 3.05) is 17.7 Å². The average molecular weight is 339 g/mol. The van der Waals surface area contributed by atoms with Crippen molar-refractivity contribution in [3.63, 3.8) is 0 Å². The molecule has 0 spiro atoms. The minimum atomic E-state index is -0.313. The van der Waals surface area contributed by atoms with Crippen LogP contribution in [-0.4, -0.2) is 18.1 Å². The standard InChI is InChI=1S/C18H17N3O2S/c1-12-5-3-7-14(9-12)19-17(22)21-18-20-16(11-24-18)13-6-4-8-15(10-13)23-2/h3-11H,1-2H3,(H2,19,20,21,22). The van der Waals surface area contributed by atoms with Gasteiger partial charge in [-0.05, 0) is 36.8 Å². The Bertz CT molecular complexity index is 861. The number of aryl methyl sites for hydroxylation is 1. The topological polar surface area (TPSA) is 63.2 Å². The molecule has 0 aliphatic heterocycles. The van der Waals surface area contributed by atoms with Gasteiger partial charge in [-0.25, -0.2) is 9.78 Å². The predicted octanol–water partition coefficient (Wildman–Crippen LogP) is 4.77. The molecule has 3 rings (SSSR count). The van der Waals surface area contributed by atoms with Gasteiger partial charge in [0, 0.05) is 16.6 Å². The minimum Gasteiger partial charge on any atom is -0.497 e. The summed E-state index contributed by atoms with van der Waals surface area (Å²) in [7, 11) is 1.63. The minimum absolute atomic E-state index is 0.313. The van der Waals surface area contributed by atoms with Crippen LogP contribution in [0.4, 0.5) is 15.6 Å². The lowest BCUT2D eigenvalue weighted by atomic mass is 10.2. The number of rotatable bonds is 4. The second-order valence-electron chi connectivity index (χ2n) is 5.22. The number of ether oxygens (including phenoxy) is 1. The molecule has 0 unspecified atom stereocenters. The van der Waals surface area contributed by atoms with Crippen LogP contribution < -0.4 is 15.4 Å². The van der Waals surface area contributed by atoms with Crippen molar-refractivity contribution < 1.29 is 9.53 Å². The molecule has 0 radical (unpaired) electrons. The van der Waals surface area contributed by atoms with Gasteiger partial charge in [-0.15, -0.1) is 11.3 Å². The summed E-state index contributed by atoms with van der Waals surface area (Å²) in [6.45, 7) is 1.98. The Morgan fingerprint density at radius 1 is 1.12 bits per heavy atom. The summed E-state index contributed by atoms with van der Waals surface area (Å²) in [5, 5.41) is 7.99. The number of carbonyl (C=O) groups is 1. The van der Waals surface area contributed by atoms with E-state index in [9.17, 15) is 4.79 Å². The maximum Gasteiger partial charge on any atom is 0.325 e. The molecule has 0 aliphatic carbocycles.